The van der Waals surface area contributed by atoms with Crippen LogP contribution in [0.2, 0.25) is 0 Å². The van der Waals surface area contributed by atoms with Crippen LogP contribution in [0.5, 0.6) is 5.75 Å². The topological polar surface area (TPSA) is 40.3 Å². The van der Waals surface area contributed by atoms with Crippen LogP contribution in [0.3, 0.4) is 0 Å². The number of methoxy groups -OCH3 is 1. The minimum Gasteiger partial charge on any atom is -0.496 e. The van der Waals surface area contributed by atoms with E-state index in [1.807, 2.05) is 18.2 Å². The summed E-state index contributed by atoms with van der Waals surface area (Å²) in [5.74, 6) is 0.894. The fourth-order valence-corrected chi connectivity index (χ4v) is 3.92. The number of rotatable bonds is 7. The Morgan fingerprint density at radius 2 is 1.96 bits per heavy atom. The molecule has 0 radical (unpaired) electrons. The number of aryl methyl sites for hydroxylation is 2. The van der Waals surface area contributed by atoms with E-state index in [1.54, 1.807) is 7.11 Å². The molecular weight excluding hydrogens is 366 g/mol. The van der Waals surface area contributed by atoms with Crippen LogP contribution in [0.1, 0.15) is 29.3 Å². The van der Waals surface area contributed by atoms with Gasteiger partial charge in [-0.2, -0.15) is 0 Å². The van der Waals surface area contributed by atoms with Crippen molar-refractivity contribution in [1.82, 2.24) is 15.2 Å². The van der Waals surface area contributed by atoms with Gasteiger partial charge in [0.2, 0.25) is 0 Å². The average Bonchev–Trinajstić information content (AvgIpc) is 3.00. The fourth-order valence-electron chi connectivity index (χ4n) is 3.62. The number of thiocarbonyl (C=S) groups is 1. The molecule has 148 valence electrons. The Balaban J connectivity index is 1.83. The maximum atomic E-state index is 5.66. The van der Waals surface area contributed by atoms with Gasteiger partial charge in [0.1, 0.15) is 5.75 Å². The number of H-pyrrole nitrogens is 1. The quantitative estimate of drug-likeness (QED) is 0.567. The smallest absolute Gasteiger partial charge is 0.169 e. The van der Waals surface area contributed by atoms with E-state index in [1.165, 1.54) is 27.7 Å². The number of benzene rings is 2. The van der Waals surface area contributed by atoms with Gasteiger partial charge in [-0.05, 0) is 63.2 Å². The Labute approximate surface area is 172 Å². The molecule has 5 heteroatoms. The average molecular weight is 396 g/mol. The first-order valence-corrected chi connectivity index (χ1v) is 10.2. The Hall–Kier alpha value is -2.53. The molecule has 2 N–H and O–H groups in total. The minimum atomic E-state index is 0.719. The third kappa shape index (κ3) is 4.47. The highest BCUT2D eigenvalue weighted by Crippen LogP contribution is 2.25. The zero-order valence-electron chi connectivity index (χ0n) is 17.1. The molecule has 0 aliphatic heterocycles. The van der Waals surface area contributed by atoms with Crippen LogP contribution < -0.4 is 10.1 Å². The van der Waals surface area contributed by atoms with Gasteiger partial charge in [0.05, 0.1) is 7.11 Å². The number of nitrogens with one attached hydrogen (secondary N) is 2. The summed E-state index contributed by atoms with van der Waals surface area (Å²) in [6.07, 6.45) is 0.927. The van der Waals surface area contributed by atoms with Gasteiger partial charge >= 0.3 is 0 Å². The van der Waals surface area contributed by atoms with Crippen LogP contribution in [0, 0.1) is 13.8 Å². The number of hydrogen-bond donors (Lipinski definition) is 2. The van der Waals surface area contributed by atoms with Crippen molar-refractivity contribution in [2.24, 2.45) is 0 Å². The molecule has 0 spiro atoms. The molecule has 1 aromatic heterocycles. The van der Waals surface area contributed by atoms with Gasteiger partial charge in [0, 0.05) is 41.8 Å². The highest BCUT2D eigenvalue weighted by molar-refractivity contribution is 7.80. The molecular formula is C23H29N3OS. The molecule has 0 fully saturated rings. The summed E-state index contributed by atoms with van der Waals surface area (Å²) in [6, 6.07) is 14.7. The Morgan fingerprint density at radius 3 is 2.71 bits per heavy atom. The van der Waals surface area contributed by atoms with Crippen molar-refractivity contribution in [3.63, 3.8) is 0 Å². The summed E-state index contributed by atoms with van der Waals surface area (Å²) in [5.41, 5.74) is 6.21. The van der Waals surface area contributed by atoms with Gasteiger partial charge in [-0.3, -0.25) is 0 Å². The van der Waals surface area contributed by atoms with Crippen LogP contribution in [0.4, 0.5) is 0 Å². The van der Waals surface area contributed by atoms with E-state index in [0.717, 1.165) is 42.5 Å². The van der Waals surface area contributed by atoms with Crippen LogP contribution in [-0.2, 0) is 13.0 Å². The summed E-state index contributed by atoms with van der Waals surface area (Å²) < 4.78 is 5.53. The van der Waals surface area contributed by atoms with E-state index in [4.69, 9.17) is 17.0 Å². The van der Waals surface area contributed by atoms with E-state index < -0.39 is 0 Å². The van der Waals surface area contributed by atoms with Crippen molar-refractivity contribution in [3.05, 3.63) is 64.8 Å². The van der Waals surface area contributed by atoms with Gasteiger partial charge in [-0.1, -0.05) is 29.8 Å². The highest BCUT2D eigenvalue weighted by Gasteiger charge is 2.15. The maximum absolute atomic E-state index is 5.66. The zero-order chi connectivity index (χ0) is 20.1. The van der Waals surface area contributed by atoms with Gasteiger partial charge < -0.3 is 19.9 Å². The van der Waals surface area contributed by atoms with E-state index >= 15 is 0 Å². The normalized spacial score (nSPS) is 10.9. The first kappa shape index (κ1) is 20.2. The molecule has 3 aromatic rings. The predicted octanol–water partition coefficient (Wildman–Crippen LogP) is 4.73. The lowest BCUT2D eigenvalue weighted by atomic mass is 10.1. The van der Waals surface area contributed by atoms with Crippen LogP contribution in [0.15, 0.2) is 42.5 Å². The molecule has 28 heavy (non-hydrogen) atoms. The molecule has 0 saturated carbocycles. The van der Waals surface area contributed by atoms with E-state index in [2.05, 4.69) is 60.2 Å². The third-order valence-corrected chi connectivity index (χ3v) is 5.48. The van der Waals surface area contributed by atoms with Crippen molar-refractivity contribution in [3.8, 4) is 5.75 Å². The van der Waals surface area contributed by atoms with Gasteiger partial charge in [0.15, 0.2) is 5.11 Å². The molecule has 4 nitrogen and oxygen atoms in total. The number of ether oxygens (including phenoxy) is 1. The zero-order valence-corrected chi connectivity index (χ0v) is 18.0. The molecule has 0 unspecified atom stereocenters. The summed E-state index contributed by atoms with van der Waals surface area (Å²) in [4.78, 5) is 5.74. The molecule has 0 bridgehead atoms. The molecule has 0 saturated heterocycles. The number of hydrogen-bond acceptors (Lipinski definition) is 2. The van der Waals surface area contributed by atoms with Crippen LogP contribution >= 0.6 is 12.2 Å². The van der Waals surface area contributed by atoms with Gasteiger partial charge in [-0.15, -0.1) is 0 Å². The van der Waals surface area contributed by atoms with Crippen molar-refractivity contribution >= 4 is 28.2 Å². The predicted molar refractivity (Wildman–Crippen MR) is 121 cm³/mol. The molecule has 1 heterocycles. The summed E-state index contributed by atoms with van der Waals surface area (Å²) >= 11 is 5.66. The number of aromatic nitrogens is 1. The lowest BCUT2D eigenvalue weighted by molar-refractivity contribution is 0.378. The second-order valence-electron chi connectivity index (χ2n) is 7.10. The SMILES string of the molecule is CCNC(=S)N(CCc1c(C)[nH]c2ccc(C)cc12)Cc1ccccc1OC. The largest absolute Gasteiger partial charge is 0.496 e. The lowest BCUT2D eigenvalue weighted by Crippen LogP contribution is -2.40. The Kier molecular flexibility index (Phi) is 6.57. The Bertz CT molecular complexity index is 964. The first-order chi connectivity index (χ1) is 13.5. The molecule has 3 rings (SSSR count). The number of aromatic amines is 1. The second kappa shape index (κ2) is 9.11. The third-order valence-electron chi connectivity index (χ3n) is 5.08. The van der Waals surface area contributed by atoms with Gasteiger partial charge in [-0.25, -0.2) is 0 Å². The molecule has 0 aliphatic rings. The van der Waals surface area contributed by atoms with Gasteiger partial charge in [0.25, 0.3) is 0 Å². The fraction of sp³-hybridized carbons (Fsp3) is 0.348. The first-order valence-electron chi connectivity index (χ1n) is 9.76. The Morgan fingerprint density at radius 1 is 1.18 bits per heavy atom. The maximum Gasteiger partial charge on any atom is 0.169 e. The summed E-state index contributed by atoms with van der Waals surface area (Å²) in [7, 11) is 1.71. The molecule has 2 aromatic carbocycles. The standard InChI is InChI=1S/C23H29N3OS/c1-5-24-23(28)26(15-18-8-6-7-9-22(18)27-4)13-12-19-17(3)25-21-11-10-16(2)14-20(19)21/h6-11,14,25H,5,12-13,15H2,1-4H3,(H,24,28). The molecule has 0 amide bonds. The molecule has 0 aliphatic carbocycles. The number of nitrogens with zero attached hydrogens (tertiary/aromatic N) is 1. The van der Waals surface area contributed by atoms with E-state index in [-0.39, 0.29) is 0 Å². The minimum absolute atomic E-state index is 0.719. The van der Waals surface area contributed by atoms with Crippen molar-refractivity contribution in [2.75, 3.05) is 20.2 Å². The number of para-hydroxylation sites is 1. The monoisotopic (exact) mass is 395 g/mol. The lowest BCUT2D eigenvalue weighted by Gasteiger charge is -2.26. The van der Waals surface area contributed by atoms with E-state index in [0.29, 0.717) is 0 Å². The van der Waals surface area contributed by atoms with E-state index in [9.17, 15) is 0 Å². The second-order valence-corrected chi connectivity index (χ2v) is 7.48. The highest BCUT2D eigenvalue weighted by atomic mass is 32.1. The molecule has 0 atom stereocenters. The number of fused-ring (bicyclic) bond motifs is 1. The van der Waals surface area contributed by atoms with Crippen molar-refractivity contribution in [1.29, 1.82) is 0 Å². The van der Waals surface area contributed by atoms with Crippen LogP contribution in [-0.4, -0.2) is 35.2 Å². The summed E-state index contributed by atoms with van der Waals surface area (Å²) in [6.45, 7) is 8.73. The van der Waals surface area contributed by atoms with Crippen molar-refractivity contribution in [2.45, 2.75) is 33.7 Å². The van der Waals surface area contributed by atoms with Crippen LogP contribution in [0.25, 0.3) is 10.9 Å². The summed E-state index contributed by atoms with van der Waals surface area (Å²) in [5, 5.41) is 5.39. The van der Waals surface area contributed by atoms with Crippen molar-refractivity contribution < 1.29 is 4.74 Å².